The van der Waals surface area contributed by atoms with Crippen molar-refractivity contribution >= 4 is 18.5 Å². The van der Waals surface area contributed by atoms with Gasteiger partial charge < -0.3 is 24.8 Å². The molecular weight excluding hydrogens is 647 g/mol. The van der Waals surface area contributed by atoms with E-state index < -0.39 is 31.3 Å². The van der Waals surface area contributed by atoms with Crippen molar-refractivity contribution in [2.24, 2.45) is 11.8 Å². The predicted molar refractivity (Wildman–Crippen MR) is 176 cm³/mol. The van der Waals surface area contributed by atoms with Crippen molar-refractivity contribution < 1.29 is 48.0 Å². The Morgan fingerprint density at radius 1 is 0.500 bits per heavy atom. The third-order valence-corrected chi connectivity index (χ3v) is 18.4. The van der Waals surface area contributed by atoms with E-state index in [-0.39, 0.29) is 24.8 Å². The second-order valence-corrected chi connectivity index (χ2v) is 23.3. The maximum absolute atomic E-state index is 2.75. The van der Waals surface area contributed by atoms with Crippen LogP contribution in [0.3, 0.4) is 0 Å². The Balaban J connectivity index is 0.00000242. The molecule has 1 aliphatic heterocycles. The van der Waals surface area contributed by atoms with Crippen molar-refractivity contribution in [3.8, 4) is 0 Å². The van der Waals surface area contributed by atoms with Crippen LogP contribution in [-0.2, 0) is 23.2 Å². The van der Waals surface area contributed by atoms with Gasteiger partial charge in [-0.25, -0.2) is 0 Å². The third-order valence-electron chi connectivity index (χ3n) is 10.2. The summed E-state index contributed by atoms with van der Waals surface area (Å²) >= 11 is -0.936. The minimum absolute atomic E-state index is 0. The molecule has 2 aromatic carbocycles. The fourth-order valence-corrected chi connectivity index (χ4v) is 19.3. The van der Waals surface area contributed by atoms with E-state index in [0.29, 0.717) is 42.8 Å². The van der Waals surface area contributed by atoms with Crippen molar-refractivity contribution in [3.05, 3.63) is 79.9 Å². The summed E-state index contributed by atoms with van der Waals surface area (Å²) in [4.78, 5) is 0. The van der Waals surface area contributed by atoms with Gasteiger partial charge in [-0.3, -0.25) is 0 Å². The Morgan fingerprint density at radius 3 is 1.10 bits per heavy atom. The summed E-state index contributed by atoms with van der Waals surface area (Å²) in [7, 11) is -2.06. The molecule has 2 aromatic rings. The molecule has 2 unspecified atom stereocenters. The molecule has 0 saturated carbocycles. The van der Waals surface area contributed by atoms with Crippen LogP contribution in [0.25, 0.3) is 10.4 Å². The zero-order valence-electron chi connectivity index (χ0n) is 28.7. The van der Waals surface area contributed by atoms with Crippen LogP contribution >= 0.6 is 0 Å². The average molecular weight is 701 g/mol. The molecule has 42 heavy (non-hydrogen) atoms. The molecule has 3 aliphatic rings. The van der Waals surface area contributed by atoms with Gasteiger partial charge in [0.15, 0.2) is 0 Å². The molecule has 0 aromatic heterocycles. The van der Waals surface area contributed by atoms with Gasteiger partial charge >= 0.3 is 261 Å². The summed E-state index contributed by atoms with van der Waals surface area (Å²) in [5.41, 5.74) is 17.1. The maximum Gasteiger partial charge on any atom is -1.00 e. The van der Waals surface area contributed by atoms with Crippen molar-refractivity contribution in [2.45, 2.75) is 127 Å². The van der Waals surface area contributed by atoms with E-state index in [4.69, 9.17) is 0 Å². The third kappa shape index (κ3) is 5.50. The van der Waals surface area contributed by atoms with Gasteiger partial charge in [0.1, 0.15) is 0 Å². The first-order chi connectivity index (χ1) is 18.6. The van der Waals surface area contributed by atoms with E-state index in [1.165, 1.54) is 0 Å². The minimum atomic E-state index is -2.06. The largest absolute Gasteiger partial charge is 1.00 e. The van der Waals surface area contributed by atoms with Crippen LogP contribution in [0.5, 0.6) is 0 Å². The number of allylic oxidation sites excluding steroid dienone is 2. The van der Waals surface area contributed by atoms with Crippen LogP contribution in [0.4, 0.5) is 0 Å². The molecule has 2 atom stereocenters. The molecule has 4 bridgehead atoms. The van der Waals surface area contributed by atoms with Gasteiger partial charge in [-0.2, -0.15) is 0 Å². The van der Waals surface area contributed by atoms with E-state index in [1.807, 2.05) is 21.5 Å². The molecule has 0 radical (unpaired) electrons. The van der Waals surface area contributed by atoms with Gasteiger partial charge in [0.05, 0.1) is 0 Å². The summed E-state index contributed by atoms with van der Waals surface area (Å²) in [5.74, 6) is 3.47. The molecule has 0 fully saturated rings. The molecule has 0 spiro atoms. The predicted octanol–water partition coefficient (Wildman–Crippen LogP) is 5.70. The average Bonchev–Trinajstić information content (AvgIpc) is 3.37. The molecule has 0 saturated heterocycles. The standard InChI is InChI=1S/C38H54Si.2ClH.Zr/c1-21(2)27-15-29-19-33(25(9)10)37(35(29)31(17-27)23(5)6)39(13,14)38-34(26(11)12)20-30-16-28(22(3)4)18-32(24(7)8)36(30)38;;;/h15-26H,1-14H3;2*1H;/q;;;+2/p-2. The van der Waals surface area contributed by atoms with E-state index in [0.717, 1.165) is 0 Å². The number of benzene rings is 2. The van der Waals surface area contributed by atoms with Crippen LogP contribution in [-0.4, -0.2) is 8.07 Å². The molecule has 0 N–H and O–H groups in total. The topological polar surface area (TPSA) is 0 Å². The molecule has 228 valence electrons. The number of hydrogen-bond acceptors (Lipinski definition) is 0. The van der Waals surface area contributed by atoms with Gasteiger partial charge in [0, 0.05) is 0 Å². The summed E-state index contributed by atoms with van der Waals surface area (Å²) < 4.78 is 1.40. The molecule has 4 heteroatoms. The van der Waals surface area contributed by atoms with E-state index in [2.05, 4.69) is 120 Å². The molecule has 2 aliphatic carbocycles. The van der Waals surface area contributed by atoms with E-state index >= 15 is 0 Å². The Labute approximate surface area is 283 Å². The molecule has 0 amide bonds. The fraction of sp³-hybridized carbons (Fsp3) is 0.579. The Bertz CT molecular complexity index is 1320. The van der Waals surface area contributed by atoms with E-state index in [9.17, 15) is 0 Å². The van der Waals surface area contributed by atoms with Crippen LogP contribution in [0, 0.1) is 11.8 Å². The summed E-state index contributed by atoms with van der Waals surface area (Å²) in [6.07, 6.45) is 0. The monoisotopic (exact) mass is 698 g/mol. The molecule has 5 rings (SSSR count). The quantitative estimate of drug-likeness (QED) is 0.340. The molecule has 1 heterocycles. The SMILES string of the molecule is CC(C)C1=C2c3c(C(C)C)cc(C(C)C)cc3[CH]1[Zr+2][CH]1C(C(C)C)=C(c3c(C(C)C)cc(C(C)C)cc31)[Si]2(C)C.[Cl-].[Cl-]. The summed E-state index contributed by atoms with van der Waals surface area (Å²) in [5, 5.41) is 3.70. The normalized spacial score (nSPS) is 20.1. The Morgan fingerprint density at radius 2 is 0.833 bits per heavy atom. The van der Waals surface area contributed by atoms with Crippen molar-refractivity contribution in [3.63, 3.8) is 0 Å². The van der Waals surface area contributed by atoms with Crippen LogP contribution in [0.2, 0.25) is 13.1 Å². The second-order valence-electron chi connectivity index (χ2n) is 15.4. The first-order valence-electron chi connectivity index (χ1n) is 16.2. The van der Waals surface area contributed by atoms with Crippen molar-refractivity contribution in [2.75, 3.05) is 0 Å². The van der Waals surface area contributed by atoms with E-state index in [1.54, 1.807) is 44.5 Å². The smallest absolute Gasteiger partial charge is 1.00 e. The zero-order valence-corrected chi connectivity index (χ0v) is 33.7. The van der Waals surface area contributed by atoms with Crippen molar-refractivity contribution in [1.82, 2.24) is 0 Å². The summed E-state index contributed by atoms with van der Waals surface area (Å²) in [6, 6.07) is 10.6. The number of fused-ring (bicyclic) bond motifs is 8. The Hall–Kier alpha value is -0.400. The zero-order chi connectivity index (χ0) is 29.6. The molecule has 0 nitrogen and oxygen atoms in total. The summed E-state index contributed by atoms with van der Waals surface area (Å²) in [6.45, 7) is 34.9. The van der Waals surface area contributed by atoms with Gasteiger partial charge in [0.25, 0.3) is 0 Å². The van der Waals surface area contributed by atoms with Crippen LogP contribution < -0.4 is 24.8 Å². The van der Waals surface area contributed by atoms with Gasteiger partial charge in [-0.1, -0.05) is 0 Å². The molecular formula is C38H54Cl2SiZr. The fourth-order valence-electron chi connectivity index (χ4n) is 8.19. The Kier molecular flexibility index (Phi) is 11.0. The number of rotatable bonds is 6. The van der Waals surface area contributed by atoms with Gasteiger partial charge in [0.2, 0.25) is 0 Å². The first kappa shape index (κ1) is 36.1. The van der Waals surface area contributed by atoms with Crippen LogP contribution in [0.15, 0.2) is 35.4 Å². The van der Waals surface area contributed by atoms with Gasteiger partial charge in [-0.05, 0) is 0 Å². The van der Waals surface area contributed by atoms with Crippen LogP contribution in [0.1, 0.15) is 159 Å². The number of halogens is 2. The van der Waals surface area contributed by atoms with Crippen molar-refractivity contribution in [1.29, 1.82) is 0 Å². The second kappa shape index (κ2) is 12.8. The maximum atomic E-state index is 2.75. The minimum Gasteiger partial charge on any atom is -1.00 e. The van der Waals surface area contributed by atoms with Gasteiger partial charge in [-0.15, -0.1) is 0 Å². The number of hydrogen-bond donors (Lipinski definition) is 0. The first-order valence-corrected chi connectivity index (χ1v) is 22.0.